The topological polar surface area (TPSA) is 73.1 Å². The minimum absolute atomic E-state index is 0.0741. The molecule has 0 saturated carbocycles. The summed E-state index contributed by atoms with van der Waals surface area (Å²) in [5.41, 5.74) is 0.381. The van der Waals surface area contributed by atoms with Crippen molar-refractivity contribution in [3.8, 4) is 0 Å². The third-order valence-electron chi connectivity index (χ3n) is 2.58. The zero-order valence-electron chi connectivity index (χ0n) is 10.6. The summed E-state index contributed by atoms with van der Waals surface area (Å²) < 4.78 is 29.5. The Morgan fingerprint density at radius 3 is 2.25 bits per heavy atom. The highest BCUT2D eigenvalue weighted by Crippen LogP contribution is 2.27. The number of nitrogens with zero attached hydrogens (tertiary/aromatic N) is 2. The van der Waals surface area contributed by atoms with E-state index in [-0.39, 0.29) is 17.4 Å². The summed E-state index contributed by atoms with van der Waals surface area (Å²) in [6.45, 7) is 1.84. The number of aryl methyl sites for hydroxylation is 1. The van der Waals surface area contributed by atoms with E-state index in [9.17, 15) is 8.42 Å². The molecule has 0 fully saturated rings. The van der Waals surface area contributed by atoms with Gasteiger partial charge in [0.2, 0.25) is 11.8 Å². The largest absolute Gasteiger partial charge is 0.424 e. The van der Waals surface area contributed by atoms with Crippen LogP contribution in [0.1, 0.15) is 24.3 Å². The summed E-state index contributed by atoms with van der Waals surface area (Å²) in [4.78, 5) is 0. The minimum atomic E-state index is -3.49. The maximum atomic E-state index is 12.1. The molecule has 2 aromatic rings. The van der Waals surface area contributed by atoms with E-state index in [4.69, 9.17) is 27.6 Å². The van der Waals surface area contributed by atoms with Gasteiger partial charge in [0.1, 0.15) is 5.75 Å². The van der Waals surface area contributed by atoms with Gasteiger partial charge in [0, 0.05) is 22.0 Å². The van der Waals surface area contributed by atoms with E-state index >= 15 is 0 Å². The van der Waals surface area contributed by atoms with Gasteiger partial charge >= 0.3 is 0 Å². The Kier molecular flexibility index (Phi) is 4.67. The second-order valence-electron chi connectivity index (χ2n) is 4.18. The van der Waals surface area contributed by atoms with E-state index in [1.54, 1.807) is 18.2 Å². The van der Waals surface area contributed by atoms with Crippen LogP contribution in [0.3, 0.4) is 0 Å². The van der Waals surface area contributed by atoms with Crippen molar-refractivity contribution in [2.24, 2.45) is 0 Å². The monoisotopic (exact) mass is 334 g/mol. The molecule has 0 aliphatic rings. The van der Waals surface area contributed by atoms with E-state index in [1.807, 2.05) is 6.92 Å². The number of hydrogen-bond donors (Lipinski definition) is 0. The highest BCUT2D eigenvalue weighted by atomic mass is 35.5. The van der Waals surface area contributed by atoms with Gasteiger partial charge in [-0.05, 0) is 12.1 Å². The first kappa shape index (κ1) is 15.3. The quantitative estimate of drug-likeness (QED) is 0.840. The summed E-state index contributed by atoms with van der Waals surface area (Å²) in [5.74, 6) is -0.118. The lowest BCUT2D eigenvalue weighted by atomic mass is 10.2. The van der Waals surface area contributed by atoms with Crippen molar-refractivity contribution in [1.82, 2.24) is 10.2 Å². The molecule has 0 atom stereocenters. The van der Waals surface area contributed by atoms with Crippen LogP contribution in [0.15, 0.2) is 22.6 Å². The number of halogens is 2. The fourth-order valence-electron chi connectivity index (χ4n) is 1.62. The van der Waals surface area contributed by atoms with Crippen LogP contribution < -0.4 is 0 Å². The first-order valence-electron chi connectivity index (χ1n) is 5.86. The van der Waals surface area contributed by atoms with Crippen molar-refractivity contribution in [1.29, 1.82) is 0 Å². The zero-order chi connectivity index (χ0) is 14.8. The molecule has 2 rings (SSSR count). The molecule has 0 bridgehead atoms. The number of hydrogen-bond acceptors (Lipinski definition) is 5. The zero-order valence-corrected chi connectivity index (χ0v) is 13.0. The molecule has 5 nitrogen and oxygen atoms in total. The van der Waals surface area contributed by atoms with E-state index < -0.39 is 9.84 Å². The smallest absolute Gasteiger partial charge is 0.231 e. The van der Waals surface area contributed by atoms with Crippen LogP contribution in [0.5, 0.6) is 0 Å². The summed E-state index contributed by atoms with van der Waals surface area (Å²) in [7, 11) is -3.49. The summed E-state index contributed by atoms with van der Waals surface area (Å²) in [6, 6.07) is 4.85. The van der Waals surface area contributed by atoms with Gasteiger partial charge in [0.15, 0.2) is 9.84 Å². The Morgan fingerprint density at radius 2 is 1.70 bits per heavy atom. The third-order valence-corrected chi connectivity index (χ3v) is 4.70. The Morgan fingerprint density at radius 1 is 1.10 bits per heavy atom. The summed E-state index contributed by atoms with van der Waals surface area (Å²) in [5, 5.41) is 8.07. The van der Waals surface area contributed by atoms with Gasteiger partial charge in [-0.3, -0.25) is 0 Å². The minimum Gasteiger partial charge on any atom is -0.424 e. The van der Waals surface area contributed by atoms with Crippen LogP contribution in [-0.2, 0) is 27.8 Å². The lowest BCUT2D eigenvalue weighted by molar-refractivity contribution is 0.465. The predicted molar refractivity (Wildman–Crippen MR) is 76.5 cm³/mol. The second kappa shape index (κ2) is 6.11. The molecule has 0 radical (unpaired) electrons. The summed E-state index contributed by atoms with van der Waals surface area (Å²) >= 11 is 11.9. The van der Waals surface area contributed by atoms with Gasteiger partial charge in [0.05, 0.1) is 5.75 Å². The molecular formula is C12H12Cl2N2O3S. The molecule has 1 aromatic heterocycles. The van der Waals surface area contributed by atoms with Crippen molar-refractivity contribution in [2.75, 3.05) is 0 Å². The second-order valence-corrected chi connectivity index (χ2v) is 7.05. The van der Waals surface area contributed by atoms with Crippen molar-refractivity contribution in [2.45, 2.75) is 24.9 Å². The fourth-order valence-corrected chi connectivity index (χ4v) is 3.65. The Labute approximate surface area is 126 Å². The molecule has 20 heavy (non-hydrogen) atoms. The molecule has 108 valence electrons. The van der Waals surface area contributed by atoms with Crippen LogP contribution in [0, 0.1) is 0 Å². The average Bonchev–Trinajstić information content (AvgIpc) is 2.81. The number of aromatic nitrogens is 2. The molecule has 0 amide bonds. The molecule has 0 spiro atoms. The predicted octanol–water partition coefficient (Wildman–Crippen LogP) is 3.05. The van der Waals surface area contributed by atoms with Crippen LogP contribution >= 0.6 is 23.2 Å². The Bertz CT molecular complexity index is 693. The van der Waals surface area contributed by atoms with E-state index in [0.717, 1.165) is 0 Å². The molecule has 1 aromatic carbocycles. The third kappa shape index (κ3) is 3.71. The van der Waals surface area contributed by atoms with Gasteiger partial charge in [-0.25, -0.2) is 8.42 Å². The molecule has 0 saturated heterocycles. The van der Waals surface area contributed by atoms with Gasteiger partial charge in [-0.15, -0.1) is 10.2 Å². The average molecular weight is 335 g/mol. The number of sulfone groups is 1. The number of rotatable bonds is 5. The Hall–Kier alpha value is -1.11. The first-order chi connectivity index (χ1) is 9.41. The van der Waals surface area contributed by atoms with Gasteiger partial charge < -0.3 is 4.42 Å². The standard InChI is InChI=1S/C12H12Cl2N2O3S/c1-2-11-15-16-12(19-11)7-20(17,18)6-8-9(13)4-3-5-10(8)14/h3-5H,2,6-7H2,1H3. The Balaban J connectivity index is 2.19. The lowest BCUT2D eigenvalue weighted by Gasteiger charge is -2.06. The van der Waals surface area contributed by atoms with Gasteiger partial charge in [-0.2, -0.15) is 0 Å². The highest BCUT2D eigenvalue weighted by Gasteiger charge is 2.20. The van der Waals surface area contributed by atoms with E-state index in [1.165, 1.54) is 0 Å². The van der Waals surface area contributed by atoms with Crippen molar-refractivity contribution in [3.63, 3.8) is 0 Å². The van der Waals surface area contributed by atoms with E-state index in [0.29, 0.717) is 27.9 Å². The first-order valence-corrected chi connectivity index (χ1v) is 8.43. The SMILES string of the molecule is CCc1nnc(CS(=O)(=O)Cc2c(Cl)cccc2Cl)o1. The maximum Gasteiger partial charge on any atom is 0.231 e. The maximum absolute atomic E-state index is 12.1. The normalized spacial score (nSPS) is 11.8. The lowest BCUT2D eigenvalue weighted by Crippen LogP contribution is -2.08. The van der Waals surface area contributed by atoms with Crippen molar-refractivity contribution >= 4 is 33.0 Å². The highest BCUT2D eigenvalue weighted by molar-refractivity contribution is 7.89. The number of benzene rings is 1. The molecule has 0 N–H and O–H groups in total. The molecule has 1 heterocycles. The van der Waals surface area contributed by atoms with Crippen LogP contribution in [0.2, 0.25) is 10.0 Å². The molecule has 0 aliphatic heterocycles. The van der Waals surface area contributed by atoms with Gasteiger partial charge in [-0.1, -0.05) is 36.2 Å². The van der Waals surface area contributed by atoms with Crippen LogP contribution in [-0.4, -0.2) is 18.6 Å². The summed E-state index contributed by atoms with van der Waals surface area (Å²) in [6.07, 6.45) is 0.559. The van der Waals surface area contributed by atoms with Crippen molar-refractivity contribution in [3.05, 3.63) is 45.6 Å². The fraction of sp³-hybridized carbons (Fsp3) is 0.333. The molecule has 8 heteroatoms. The van der Waals surface area contributed by atoms with Gasteiger partial charge in [0.25, 0.3) is 0 Å². The van der Waals surface area contributed by atoms with Crippen molar-refractivity contribution < 1.29 is 12.8 Å². The molecule has 0 unspecified atom stereocenters. The molecule has 0 aliphatic carbocycles. The molecular weight excluding hydrogens is 323 g/mol. The van der Waals surface area contributed by atoms with E-state index in [2.05, 4.69) is 10.2 Å². The van der Waals surface area contributed by atoms with Crippen LogP contribution in [0.4, 0.5) is 0 Å². The van der Waals surface area contributed by atoms with Crippen LogP contribution in [0.25, 0.3) is 0 Å².